The summed E-state index contributed by atoms with van der Waals surface area (Å²) >= 11 is 0. The minimum absolute atomic E-state index is 1.13. The molecule has 0 bridgehead atoms. The van der Waals surface area contributed by atoms with Crippen molar-refractivity contribution in [2.45, 2.75) is 19.8 Å². The quantitative estimate of drug-likeness (QED) is 0.720. The molecule has 0 fully saturated rings. The number of anilines is 1. The van der Waals surface area contributed by atoms with Crippen LogP contribution in [0, 0.1) is 6.04 Å². The number of rotatable bonds is 2. The molecule has 1 aromatic carbocycles. The van der Waals surface area contributed by atoms with Crippen LogP contribution in [-0.2, 0) is 0 Å². The van der Waals surface area contributed by atoms with Crippen LogP contribution in [0.3, 0.4) is 0 Å². The lowest BCUT2D eigenvalue weighted by atomic mass is 10.0. The molecule has 1 aliphatic rings. The van der Waals surface area contributed by atoms with E-state index in [-0.39, 0.29) is 0 Å². The van der Waals surface area contributed by atoms with Gasteiger partial charge in [-0.05, 0) is 18.1 Å². The Morgan fingerprint density at radius 2 is 2.00 bits per heavy atom. The second kappa shape index (κ2) is 3.65. The second-order valence-corrected chi connectivity index (χ2v) is 3.32. The molecule has 0 saturated heterocycles. The predicted octanol–water partition coefficient (Wildman–Crippen LogP) is 3.46. The third-order valence-electron chi connectivity index (χ3n) is 2.24. The predicted molar refractivity (Wildman–Crippen MR) is 57.2 cm³/mol. The van der Waals surface area contributed by atoms with Gasteiger partial charge in [0.2, 0.25) is 0 Å². The lowest BCUT2D eigenvalue weighted by Crippen LogP contribution is -2.10. The maximum Gasteiger partial charge on any atom is 0.0826 e. The van der Waals surface area contributed by atoms with E-state index in [0.29, 0.717) is 0 Å². The highest BCUT2D eigenvalue weighted by Crippen LogP contribution is 2.27. The van der Waals surface area contributed by atoms with Crippen LogP contribution < -0.4 is 5.32 Å². The number of hydrogen-bond acceptors (Lipinski definition) is 1. The molecule has 1 N–H and O–H groups in total. The number of fused-ring (bicyclic) bond motifs is 1. The summed E-state index contributed by atoms with van der Waals surface area (Å²) in [6, 6.07) is 9.70. The lowest BCUT2D eigenvalue weighted by Gasteiger charge is -2.20. The van der Waals surface area contributed by atoms with Crippen molar-refractivity contribution in [2.24, 2.45) is 0 Å². The molecule has 13 heavy (non-hydrogen) atoms. The molecule has 1 nitrogen and oxygen atoms in total. The van der Waals surface area contributed by atoms with Crippen molar-refractivity contribution < 1.29 is 0 Å². The third kappa shape index (κ3) is 1.74. The summed E-state index contributed by atoms with van der Waals surface area (Å²) < 4.78 is 0. The number of para-hydroxylation sites is 1. The fourth-order valence-electron chi connectivity index (χ4n) is 1.58. The Hall–Kier alpha value is -1.24. The van der Waals surface area contributed by atoms with Crippen molar-refractivity contribution in [1.82, 2.24) is 0 Å². The molecule has 0 unspecified atom stereocenters. The van der Waals surface area contributed by atoms with E-state index in [1.54, 1.807) is 0 Å². The van der Waals surface area contributed by atoms with Gasteiger partial charge in [-0.25, -0.2) is 0 Å². The molecular formula is C12H14N. The molecule has 0 amide bonds. The topological polar surface area (TPSA) is 12.0 Å². The van der Waals surface area contributed by atoms with E-state index in [9.17, 15) is 0 Å². The van der Waals surface area contributed by atoms with Crippen LogP contribution in [0.5, 0.6) is 0 Å². The van der Waals surface area contributed by atoms with Gasteiger partial charge in [-0.3, -0.25) is 0 Å². The summed E-state index contributed by atoms with van der Waals surface area (Å²) in [4.78, 5) is 0. The average Bonchev–Trinajstić information content (AvgIpc) is 2.18. The smallest absolute Gasteiger partial charge is 0.0826 e. The fourth-order valence-corrected chi connectivity index (χ4v) is 1.58. The van der Waals surface area contributed by atoms with Gasteiger partial charge in [0.15, 0.2) is 0 Å². The standard InChI is InChI=1S/C12H14N/c1-2-5-11-9-8-10-6-3-4-7-12(10)13-11/h3-4,6-9,13H,2,5H2,1H3. The second-order valence-electron chi connectivity index (χ2n) is 3.32. The van der Waals surface area contributed by atoms with Crippen LogP contribution >= 0.6 is 0 Å². The maximum absolute atomic E-state index is 3.43. The molecule has 0 saturated carbocycles. The summed E-state index contributed by atoms with van der Waals surface area (Å²) in [5.74, 6) is 0. The summed E-state index contributed by atoms with van der Waals surface area (Å²) in [6.45, 7) is 2.20. The summed E-state index contributed by atoms with van der Waals surface area (Å²) in [6.07, 6.45) is 6.67. The van der Waals surface area contributed by atoms with E-state index in [2.05, 4.69) is 48.7 Å². The van der Waals surface area contributed by atoms with Crippen LogP contribution in [0.25, 0.3) is 6.08 Å². The summed E-state index contributed by atoms with van der Waals surface area (Å²) in [5, 5.41) is 3.43. The number of nitrogens with one attached hydrogen (secondary N) is 1. The maximum atomic E-state index is 3.43. The summed E-state index contributed by atoms with van der Waals surface area (Å²) in [7, 11) is 0. The third-order valence-corrected chi connectivity index (χ3v) is 2.24. The van der Waals surface area contributed by atoms with Crippen LogP contribution in [0.4, 0.5) is 5.69 Å². The van der Waals surface area contributed by atoms with Crippen LogP contribution in [0.1, 0.15) is 25.3 Å². The largest absolute Gasteiger partial charge is 0.373 e. The molecule has 1 radical (unpaired) electrons. The zero-order valence-electron chi connectivity index (χ0n) is 7.88. The van der Waals surface area contributed by atoms with Gasteiger partial charge in [0.25, 0.3) is 0 Å². The van der Waals surface area contributed by atoms with Gasteiger partial charge in [0.1, 0.15) is 0 Å². The zero-order valence-corrected chi connectivity index (χ0v) is 7.88. The lowest BCUT2D eigenvalue weighted by molar-refractivity contribution is 0.848. The highest BCUT2D eigenvalue weighted by Gasteiger charge is 2.10. The van der Waals surface area contributed by atoms with Crippen molar-refractivity contribution in [3.05, 3.63) is 41.9 Å². The Balaban J connectivity index is 2.19. The highest BCUT2D eigenvalue weighted by atomic mass is 14.9. The monoisotopic (exact) mass is 172 g/mol. The van der Waals surface area contributed by atoms with E-state index in [1.807, 2.05) is 0 Å². The van der Waals surface area contributed by atoms with Gasteiger partial charge < -0.3 is 5.32 Å². The molecule has 2 rings (SSSR count). The Bertz CT molecular complexity index is 315. The van der Waals surface area contributed by atoms with Crippen LogP contribution in [-0.4, -0.2) is 0 Å². The SMILES string of the molecule is CCC[C]1C=Cc2ccccc2N1. The minimum atomic E-state index is 1.13. The first-order valence-electron chi connectivity index (χ1n) is 4.80. The molecule has 0 aromatic heterocycles. The van der Waals surface area contributed by atoms with Gasteiger partial charge in [-0.2, -0.15) is 0 Å². The van der Waals surface area contributed by atoms with E-state index in [0.717, 1.165) is 6.42 Å². The number of benzene rings is 1. The highest BCUT2D eigenvalue weighted by molar-refractivity contribution is 5.73. The van der Waals surface area contributed by atoms with E-state index in [1.165, 1.54) is 23.7 Å². The molecular weight excluding hydrogens is 158 g/mol. The molecule has 0 spiro atoms. The first kappa shape index (κ1) is 8.36. The molecule has 1 heterocycles. The van der Waals surface area contributed by atoms with Crippen LogP contribution in [0.15, 0.2) is 30.3 Å². The van der Waals surface area contributed by atoms with Crippen molar-refractivity contribution in [3.63, 3.8) is 0 Å². The van der Waals surface area contributed by atoms with Crippen molar-refractivity contribution >= 4 is 11.8 Å². The molecule has 0 atom stereocenters. The first-order valence-corrected chi connectivity index (χ1v) is 4.80. The van der Waals surface area contributed by atoms with Crippen molar-refractivity contribution in [2.75, 3.05) is 5.32 Å². The van der Waals surface area contributed by atoms with Gasteiger partial charge in [-0.15, -0.1) is 0 Å². The normalized spacial score (nSPS) is 15.2. The first-order chi connectivity index (χ1) is 6.40. The van der Waals surface area contributed by atoms with Crippen LogP contribution in [0.2, 0.25) is 0 Å². The average molecular weight is 172 g/mol. The van der Waals surface area contributed by atoms with E-state index >= 15 is 0 Å². The van der Waals surface area contributed by atoms with Crippen molar-refractivity contribution in [3.8, 4) is 0 Å². The Morgan fingerprint density at radius 3 is 2.85 bits per heavy atom. The van der Waals surface area contributed by atoms with Gasteiger partial charge >= 0.3 is 0 Å². The zero-order chi connectivity index (χ0) is 9.10. The molecule has 1 aromatic rings. The summed E-state index contributed by atoms with van der Waals surface area (Å²) in [5.41, 5.74) is 2.51. The Morgan fingerprint density at radius 1 is 1.15 bits per heavy atom. The van der Waals surface area contributed by atoms with E-state index < -0.39 is 0 Å². The van der Waals surface area contributed by atoms with Gasteiger partial charge in [0.05, 0.1) is 6.04 Å². The van der Waals surface area contributed by atoms with E-state index in [4.69, 9.17) is 0 Å². The Labute approximate surface area is 79.5 Å². The van der Waals surface area contributed by atoms with Crippen molar-refractivity contribution in [1.29, 1.82) is 0 Å². The fraction of sp³-hybridized carbons (Fsp3) is 0.250. The number of hydrogen-bond donors (Lipinski definition) is 1. The molecule has 1 aliphatic heterocycles. The van der Waals surface area contributed by atoms with Gasteiger partial charge in [-0.1, -0.05) is 43.7 Å². The molecule has 67 valence electrons. The molecule has 1 heteroatoms. The minimum Gasteiger partial charge on any atom is -0.373 e. The van der Waals surface area contributed by atoms with Gasteiger partial charge in [0, 0.05) is 5.69 Å². The Kier molecular flexibility index (Phi) is 2.35. The molecule has 0 aliphatic carbocycles.